The Kier molecular flexibility index (Phi) is 8.96. The summed E-state index contributed by atoms with van der Waals surface area (Å²) >= 11 is 0. The molecule has 0 saturated heterocycles. The maximum Gasteiger partial charge on any atom is 0.0165 e. The van der Waals surface area contributed by atoms with Crippen LogP contribution in [0.5, 0.6) is 0 Å². The van der Waals surface area contributed by atoms with E-state index in [-0.39, 0.29) is 0 Å². The molecular formula is C14H32N2. The molecule has 1 atom stereocenters. The maximum absolute atomic E-state index is 5.97. The fourth-order valence-electron chi connectivity index (χ4n) is 2.01. The van der Waals surface area contributed by atoms with Gasteiger partial charge < -0.3 is 11.1 Å². The van der Waals surface area contributed by atoms with Crippen molar-refractivity contribution in [3.63, 3.8) is 0 Å². The molecule has 3 N–H and O–H groups in total. The molecule has 0 bridgehead atoms. The number of nitrogens with one attached hydrogen (secondary N) is 1. The second-order valence-electron chi connectivity index (χ2n) is 5.80. The molecule has 0 aromatic carbocycles. The van der Waals surface area contributed by atoms with Gasteiger partial charge in [-0.15, -0.1) is 0 Å². The molecule has 0 aliphatic carbocycles. The van der Waals surface area contributed by atoms with Crippen molar-refractivity contribution >= 4 is 0 Å². The predicted octanol–water partition coefficient (Wildman–Crippen LogP) is 3.31. The third-order valence-corrected chi connectivity index (χ3v) is 3.13. The molecule has 0 amide bonds. The molecule has 0 heterocycles. The van der Waals surface area contributed by atoms with Crippen LogP contribution in [0.15, 0.2) is 0 Å². The van der Waals surface area contributed by atoms with Crippen LogP contribution in [0, 0.1) is 5.41 Å². The average molecular weight is 228 g/mol. The topological polar surface area (TPSA) is 38.0 Å². The van der Waals surface area contributed by atoms with Crippen molar-refractivity contribution in [2.75, 3.05) is 13.1 Å². The summed E-state index contributed by atoms with van der Waals surface area (Å²) in [6.45, 7) is 11.2. The van der Waals surface area contributed by atoms with Crippen LogP contribution in [0.2, 0.25) is 0 Å². The van der Waals surface area contributed by atoms with Gasteiger partial charge in [0.15, 0.2) is 0 Å². The molecule has 0 saturated carbocycles. The van der Waals surface area contributed by atoms with Crippen molar-refractivity contribution in [2.24, 2.45) is 11.1 Å². The molecule has 0 aliphatic rings. The smallest absolute Gasteiger partial charge is 0.0165 e. The Labute approximate surface area is 102 Å². The summed E-state index contributed by atoms with van der Waals surface area (Å²) in [6, 6.07) is 0.330. The first-order valence-corrected chi connectivity index (χ1v) is 6.98. The Balaban J connectivity index is 3.56. The summed E-state index contributed by atoms with van der Waals surface area (Å²) in [5.41, 5.74) is 6.39. The van der Waals surface area contributed by atoms with Gasteiger partial charge in [0.2, 0.25) is 0 Å². The minimum Gasteiger partial charge on any atom is -0.327 e. The van der Waals surface area contributed by atoms with E-state index in [1.54, 1.807) is 0 Å². The van der Waals surface area contributed by atoms with Crippen LogP contribution in [0.4, 0.5) is 0 Å². The zero-order valence-electron chi connectivity index (χ0n) is 11.8. The fourth-order valence-corrected chi connectivity index (χ4v) is 2.01. The van der Waals surface area contributed by atoms with Gasteiger partial charge in [0.1, 0.15) is 0 Å². The van der Waals surface area contributed by atoms with Crippen molar-refractivity contribution in [1.82, 2.24) is 5.32 Å². The third kappa shape index (κ3) is 9.17. The first-order valence-electron chi connectivity index (χ1n) is 6.98. The number of hydrogen-bond acceptors (Lipinski definition) is 2. The Bertz CT molecular complexity index is 155. The average Bonchev–Trinajstić information content (AvgIpc) is 2.18. The van der Waals surface area contributed by atoms with Crippen LogP contribution in [-0.4, -0.2) is 19.1 Å². The van der Waals surface area contributed by atoms with E-state index in [4.69, 9.17) is 5.73 Å². The van der Waals surface area contributed by atoms with E-state index >= 15 is 0 Å². The highest BCUT2D eigenvalue weighted by Crippen LogP contribution is 2.22. The lowest BCUT2D eigenvalue weighted by molar-refractivity contribution is 0.298. The van der Waals surface area contributed by atoms with Crippen LogP contribution >= 0.6 is 0 Å². The highest BCUT2D eigenvalue weighted by Gasteiger charge is 2.16. The van der Waals surface area contributed by atoms with E-state index in [1.165, 1.54) is 32.1 Å². The third-order valence-electron chi connectivity index (χ3n) is 3.13. The van der Waals surface area contributed by atoms with Crippen LogP contribution in [-0.2, 0) is 0 Å². The molecule has 0 aromatic rings. The Morgan fingerprint density at radius 1 is 1.12 bits per heavy atom. The predicted molar refractivity (Wildman–Crippen MR) is 73.7 cm³/mol. The van der Waals surface area contributed by atoms with Crippen LogP contribution < -0.4 is 11.1 Å². The van der Waals surface area contributed by atoms with E-state index in [0.717, 1.165) is 19.5 Å². The molecule has 0 spiro atoms. The lowest BCUT2D eigenvalue weighted by Crippen LogP contribution is -2.38. The monoisotopic (exact) mass is 228 g/mol. The number of rotatable bonds is 10. The first kappa shape index (κ1) is 15.9. The second kappa shape index (κ2) is 9.00. The Morgan fingerprint density at radius 2 is 1.81 bits per heavy atom. The molecule has 98 valence electrons. The van der Waals surface area contributed by atoms with Gasteiger partial charge in [-0.05, 0) is 18.3 Å². The molecule has 0 aromatic heterocycles. The van der Waals surface area contributed by atoms with Crippen LogP contribution in [0.3, 0.4) is 0 Å². The highest BCUT2D eigenvalue weighted by molar-refractivity contribution is 4.73. The molecule has 16 heavy (non-hydrogen) atoms. The SMILES string of the molecule is CCCCCC(C)(C)CNCC(N)CCC. The highest BCUT2D eigenvalue weighted by atomic mass is 14.9. The minimum atomic E-state index is 0.330. The van der Waals surface area contributed by atoms with Gasteiger partial charge in [0, 0.05) is 19.1 Å². The molecule has 0 fully saturated rings. The summed E-state index contributed by atoms with van der Waals surface area (Å²) in [5.74, 6) is 0. The van der Waals surface area contributed by atoms with Crippen molar-refractivity contribution in [2.45, 2.75) is 72.3 Å². The molecule has 1 unspecified atom stereocenters. The zero-order valence-corrected chi connectivity index (χ0v) is 11.8. The van der Waals surface area contributed by atoms with E-state index in [1.807, 2.05) is 0 Å². The van der Waals surface area contributed by atoms with E-state index in [9.17, 15) is 0 Å². The number of unbranched alkanes of at least 4 members (excludes halogenated alkanes) is 2. The number of nitrogens with two attached hydrogens (primary N) is 1. The zero-order chi connectivity index (χ0) is 12.4. The van der Waals surface area contributed by atoms with Crippen molar-refractivity contribution < 1.29 is 0 Å². The largest absolute Gasteiger partial charge is 0.327 e. The maximum atomic E-state index is 5.97. The molecule has 0 aliphatic heterocycles. The summed E-state index contributed by atoms with van der Waals surface area (Å²) in [5, 5.41) is 3.51. The molecule has 2 heteroatoms. The number of hydrogen-bond donors (Lipinski definition) is 2. The summed E-state index contributed by atoms with van der Waals surface area (Å²) in [4.78, 5) is 0. The van der Waals surface area contributed by atoms with Gasteiger partial charge >= 0.3 is 0 Å². The van der Waals surface area contributed by atoms with Gasteiger partial charge in [-0.25, -0.2) is 0 Å². The summed E-state index contributed by atoms with van der Waals surface area (Å²) < 4.78 is 0. The lowest BCUT2D eigenvalue weighted by atomic mass is 9.87. The first-order chi connectivity index (χ1) is 7.52. The van der Waals surface area contributed by atoms with Crippen LogP contribution in [0.25, 0.3) is 0 Å². The Morgan fingerprint density at radius 3 is 2.38 bits per heavy atom. The van der Waals surface area contributed by atoms with Crippen molar-refractivity contribution in [1.29, 1.82) is 0 Å². The molecule has 0 radical (unpaired) electrons. The minimum absolute atomic E-state index is 0.330. The van der Waals surface area contributed by atoms with Crippen LogP contribution in [0.1, 0.15) is 66.2 Å². The molecule has 2 nitrogen and oxygen atoms in total. The van der Waals surface area contributed by atoms with Crippen molar-refractivity contribution in [3.05, 3.63) is 0 Å². The van der Waals surface area contributed by atoms with E-state index < -0.39 is 0 Å². The molecule has 0 rings (SSSR count). The normalized spacial score (nSPS) is 14.1. The summed E-state index contributed by atoms with van der Waals surface area (Å²) in [7, 11) is 0. The second-order valence-corrected chi connectivity index (χ2v) is 5.80. The quantitative estimate of drug-likeness (QED) is 0.563. The van der Waals surface area contributed by atoms with Crippen molar-refractivity contribution in [3.8, 4) is 0 Å². The van der Waals surface area contributed by atoms with Gasteiger partial charge in [0.05, 0.1) is 0 Å². The van der Waals surface area contributed by atoms with Gasteiger partial charge in [-0.2, -0.15) is 0 Å². The summed E-state index contributed by atoms with van der Waals surface area (Å²) in [6.07, 6.45) is 7.65. The van der Waals surface area contributed by atoms with Gasteiger partial charge in [0.25, 0.3) is 0 Å². The van der Waals surface area contributed by atoms with Gasteiger partial charge in [-0.1, -0.05) is 53.4 Å². The standard InChI is InChI=1S/C14H32N2/c1-5-7-8-10-14(3,4)12-16-11-13(15)9-6-2/h13,16H,5-12,15H2,1-4H3. The van der Waals surface area contributed by atoms with E-state index in [2.05, 4.69) is 33.0 Å². The van der Waals surface area contributed by atoms with E-state index in [0.29, 0.717) is 11.5 Å². The Hall–Kier alpha value is -0.0800. The fraction of sp³-hybridized carbons (Fsp3) is 1.00. The van der Waals surface area contributed by atoms with Gasteiger partial charge in [-0.3, -0.25) is 0 Å². The molecular weight excluding hydrogens is 196 g/mol. The lowest BCUT2D eigenvalue weighted by Gasteiger charge is -2.26.